The summed E-state index contributed by atoms with van der Waals surface area (Å²) < 4.78 is 84.8. The van der Waals surface area contributed by atoms with E-state index in [2.05, 4.69) is 9.47 Å². The predicted octanol–water partition coefficient (Wildman–Crippen LogP) is 3.49. The van der Waals surface area contributed by atoms with Crippen molar-refractivity contribution in [3.8, 4) is 11.5 Å². The molecule has 1 aliphatic heterocycles. The van der Waals surface area contributed by atoms with Crippen LogP contribution in [0, 0.1) is 20.2 Å². The van der Waals surface area contributed by atoms with Crippen LogP contribution in [0.25, 0.3) is 0 Å². The molecule has 1 aromatic carbocycles. The number of nitro benzene ring substituents is 2. The molecule has 8 nitrogen and oxygen atoms in total. The lowest BCUT2D eigenvalue weighted by Crippen LogP contribution is -2.55. The van der Waals surface area contributed by atoms with E-state index in [0.717, 1.165) is 0 Å². The Morgan fingerprint density at radius 2 is 1.58 bits per heavy atom. The van der Waals surface area contributed by atoms with Gasteiger partial charge in [-0.05, 0) is 6.07 Å². The van der Waals surface area contributed by atoms with Crippen molar-refractivity contribution < 1.29 is 45.7 Å². The van der Waals surface area contributed by atoms with Gasteiger partial charge in [0, 0.05) is 6.07 Å². The monoisotopic (exact) mass is 362 g/mol. The molecule has 0 fully saturated rings. The van der Waals surface area contributed by atoms with E-state index in [0.29, 0.717) is 12.1 Å². The van der Waals surface area contributed by atoms with E-state index in [9.17, 15) is 46.6 Å². The third kappa shape index (κ3) is 2.85. The van der Waals surface area contributed by atoms with Gasteiger partial charge in [-0.2, -0.15) is 26.3 Å². The number of alkyl halides is 6. The minimum absolute atomic E-state index is 0.431. The third-order valence-electron chi connectivity index (χ3n) is 2.86. The molecule has 0 saturated carbocycles. The van der Waals surface area contributed by atoms with Crippen molar-refractivity contribution in [2.45, 2.75) is 24.6 Å². The van der Waals surface area contributed by atoms with Crippen LogP contribution in [0.1, 0.15) is 6.42 Å². The number of ether oxygens (including phenoxy) is 2. The molecule has 0 aromatic heterocycles. The summed E-state index contributed by atoms with van der Waals surface area (Å²) in [5.74, 6) is -6.72. The first-order valence-corrected chi connectivity index (χ1v) is 5.75. The molecule has 1 aliphatic rings. The highest BCUT2D eigenvalue weighted by Gasteiger charge is 2.69. The van der Waals surface area contributed by atoms with Gasteiger partial charge in [0.25, 0.3) is 5.75 Å². The number of rotatable bonds is 3. The lowest BCUT2D eigenvalue weighted by atomic mass is 10.2. The fourth-order valence-corrected chi connectivity index (χ4v) is 1.96. The molecule has 1 aromatic rings. The first kappa shape index (κ1) is 17.6. The van der Waals surface area contributed by atoms with Gasteiger partial charge >= 0.3 is 29.5 Å². The summed E-state index contributed by atoms with van der Waals surface area (Å²) in [5.41, 5.74) is -2.79. The van der Waals surface area contributed by atoms with Gasteiger partial charge in [0.2, 0.25) is 0 Å². The van der Waals surface area contributed by atoms with Crippen molar-refractivity contribution >= 4 is 11.4 Å². The van der Waals surface area contributed by atoms with Crippen molar-refractivity contribution in [2.24, 2.45) is 0 Å². The van der Waals surface area contributed by atoms with Gasteiger partial charge in [0.1, 0.15) is 6.42 Å². The van der Waals surface area contributed by atoms with E-state index in [1.54, 1.807) is 0 Å². The first-order valence-electron chi connectivity index (χ1n) is 5.75. The molecule has 0 radical (unpaired) electrons. The minimum Gasteiger partial charge on any atom is -0.440 e. The van der Waals surface area contributed by atoms with Crippen LogP contribution in [0.2, 0.25) is 0 Å². The third-order valence-corrected chi connectivity index (χ3v) is 2.86. The molecule has 1 atom stereocenters. The molecule has 0 aliphatic carbocycles. The van der Waals surface area contributed by atoms with Crippen LogP contribution >= 0.6 is 0 Å². The minimum atomic E-state index is -5.73. The number of hydrogen-bond acceptors (Lipinski definition) is 6. The van der Waals surface area contributed by atoms with Crippen molar-refractivity contribution in [3.63, 3.8) is 0 Å². The lowest BCUT2D eigenvalue weighted by molar-refractivity contribution is -0.423. The summed E-state index contributed by atoms with van der Waals surface area (Å²) in [6.45, 7) is 0. The zero-order valence-corrected chi connectivity index (χ0v) is 11.0. The Labute approximate surface area is 126 Å². The van der Waals surface area contributed by atoms with Gasteiger partial charge in [0.05, 0.1) is 9.85 Å². The van der Waals surface area contributed by atoms with Gasteiger partial charge in [-0.3, -0.25) is 20.2 Å². The molecule has 1 heterocycles. The number of benzene rings is 1. The molecule has 0 amide bonds. The molecule has 132 valence electrons. The zero-order valence-electron chi connectivity index (χ0n) is 11.0. The number of nitrogens with zero attached hydrogens (tertiary/aromatic N) is 2. The van der Waals surface area contributed by atoms with Crippen molar-refractivity contribution in [1.29, 1.82) is 0 Å². The van der Waals surface area contributed by atoms with Gasteiger partial charge in [0.15, 0.2) is 5.75 Å². The molecule has 0 saturated heterocycles. The normalized spacial score (nSPS) is 20.1. The molecule has 0 spiro atoms. The Balaban J connectivity index is 2.63. The van der Waals surface area contributed by atoms with Gasteiger partial charge in [-0.25, -0.2) is 0 Å². The standard InChI is InChI=1S/C10H4F6N2O6/c11-9(12,13)3-8(10(14,15)16)23-5-2-1-4(17(19)20)6(18(21)22)7(5)24-8/h1-2H,3H2. The van der Waals surface area contributed by atoms with Crippen LogP contribution in [0.4, 0.5) is 37.7 Å². The summed E-state index contributed by atoms with van der Waals surface area (Å²) in [4.78, 5) is 18.9. The Morgan fingerprint density at radius 3 is 2.00 bits per heavy atom. The molecule has 1 unspecified atom stereocenters. The van der Waals surface area contributed by atoms with E-state index < -0.39 is 57.3 Å². The molecule has 0 N–H and O–H groups in total. The second kappa shape index (κ2) is 5.10. The van der Waals surface area contributed by atoms with Crippen molar-refractivity contribution in [1.82, 2.24) is 0 Å². The highest BCUT2D eigenvalue weighted by molar-refractivity contribution is 5.68. The Bertz CT molecular complexity index is 717. The average Bonchev–Trinajstić information content (AvgIpc) is 2.72. The second-order valence-corrected chi connectivity index (χ2v) is 4.52. The number of fused-ring (bicyclic) bond motifs is 1. The molecular weight excluding hydrogens is 358 g/mol. The molecule has 14 heteroatoms. The number of hydrogen-bond donors (Lipinski definition) is 0. The van der Waals surface area contributed by atoms with Crippen LogP contribution in [0.3, 0.4) is 0 Å². The van der Waals surface area contributed by atoms with Gasteiger partial charge < -0.3 is 9.47 Å². The first-order chi connectivity index (χ1) is 10.8. The predicted molar refractivity (Wildman–Crippen MR) is 60.5 cm³/mol. The molecule has 0 bridgehead atoms. The van der Waals surface area contributed by atoms with E-state index in [-0.39, 0.29) is 0 Å². The highest BCUT2D eigenvalue weighted by Crippen LogP contribution is 2.55. The van der Waals surface area contributed by atoms with Crippen LogP contribution in [0.5, 0.6) is 11.5 Å². The molecular formula is C10H4F6N2O6. The number of halogens is 6. The maximum atomic E-state index is 13.0. The van der Waals surface area contributed by atoms with Crippen LogP contribution in [-0.4, -0.2) is 28.0 Å². The van der Waals surface area contributed by atoms with E-state index in [4.69, 9.17) is 0 Å². The maximum absolute atomic E-state index is 13.0. The fraction of sp³-hybridized carbons (Fsp3) is 0.400. The number of nitro groups is 2. The topological polar surface area (TPSA) is 105 Å². The van der Waals surface area contributed by atoms with Gasteiger partial charge in [-0.15, -0.1) is 0 Å². The Morgan fingerprint density at radius 1 is 1.00 bits per heavy atom. The van der Waals surface area contributed by atoms with Crippen molar-refractivity contribution in [3.05, 3.63) is 32.4 Å². The SMILES string of the molecule is O=[N+]([O-])c1ccc2c(c1[N+](=O)[O-])OC(CC(F)(F)F)(C(F)(F)F)O2. The van der Waals surface area contributed by atoms with Crippen LogP contribution in [-0.2, 0) is 0 Å². The Kier molecular flexibility index (Phi) is 3.73. The average molecular weight is 362 g/mol. The summed E-state index contributed by atoms with van der Waals surface area (Å²) in [6.07, 6.45) is -13.8. The summed E-state index contributed by atoms with van der Waals surface area (Å²) in [5, 5.41) is 21.6. The molecule has 24 heavy (non-hydrogen) atoms. The van der Waals surface area contributed by atoms with E-state index in [1.807, 2.05) is 0 Å². The van der Waals surface area contributed by atoms with E-state index in [1.165, 1.54) is 0 Å². The lowest BCUT2D eigenvalue weighted by Gasteiger charge is -2.30. The molecule has 2 rings (SSSR count). The summed E-state index contributed by atoms with van der Waals surface area (Å²) in [7, 11) is 0. The summed E-state index contributed by atoms with van der Waals surface area (Å²) in [6, 6.07) is 0.921. The van der Waals surface area contributed by atoms with Gasteiger partial charge in [-0.1, -0.05) is 0 Å². The largest absolute Gasteiger partial charge is 0.468 e. The van der Waals surface area contributed by atoms with E-state index >= 15 is 0 Å². The van der Waals surface area contributed by atoms with Crippen LogP contribution in [0.15, 0.2) is 12.1 Å². The zero-order chi connectivity index (χ0) is 18.5. The second-order valence-electron chi connectivity index (χ2n) is 4.52. The fourth-order valence-electron chi connectivity index (χ4n) is 1.96. The smallest absolute Gasteiger partial charge is 0.440 e. The highest BCUT2D eigenvalue weighted by atomic mass is 19.4. The summed E-state index contributed by atoms with van der Waals surface area (Å²) >= 11 is 0. The maximum Gasteiger partial charge on any atom is 0.468 e. The quantitative estimate of drug-likeness (QED) is 0.463. The van der Waals surface area contributed by atoms with Crippen molar-refractivity contribution in [2.75, 3.05) is 0 Å². The van der Waals surface area contributed by atoms with Crippen LogP contribution < -0.4 is 9.47 Å². The Hall–Kier alpha value is -2.80.